The summed E-state index contributed by atoms with van der Waals surface area (Å²) in [6.45, 7) is 2.72. The van der Waals surface area contributed by atoms with Gasteiger partial charge in [-0.3, -0.25) is 9.67 Å². The molecular formula is C22H31N5O. The molecule has 1 aromatic carbocycles. The van der Waals surface area contributed by atoms with E-state index in [0.717, 1.165) is 37.8 Å². The van der Waals surface area contributed by atoms with E-state index < -0.39 is 0 Å². The molecule has 1 saturated heterocycles. The van der Waals surface area contributed by atoms with Crippen molar-refractivity contribution in [3.8, 4) is 5.75 Å². The number of benzene rings is 1. The van der Waals surface area contributed by atoms with Crippen LogP contribution in [0.5, 0.6) is 5.75 Å². The van der Waals surface area contributed by atoms with E-state index in [1.165, 1.54) is 36.8 Å². The second-order valence-electron chi connectivity index (χ2n) is 7.91. The van der Waals surface area contributed by atoms with Gasteiger partial charge in [0.2, 0.25) is 0 Å². The molecule has 1 aliphatic carbocycles. The molecular weight excluding hydrogens is 350 g/mol. The first kappa shape index (κ1) is 18.8. The quantitative estimate of drug-likeness (QED) is 0.638. The van der Waals surface area contributed by atoms with Crippen LogP contribution in [-0.4, -0.2) is 46.9 Å². The number of nitrogens with zero attached hydrogens (tertiary/aromatic N) is 4. The van der Waals surface area contributed by atoms with Crippen LogP contribution in [0.4, 0.5) is 0 Å². The monoisotopic (exact) mass is 381 g/mol. The van der Waals surface area contributed by atoms with Crippen molar-refractivity contribution in [2.45, 2.75) is 50.7 Å². The molecule has 2 aliphatic rings. The predicted octanol–water partition coefficient (Wildman–Crippen LogP) is 3.31. The maximum atomic E-state index is 6.27. The molecule has 1 N–H and O–H groups in total. The van der Waals surface area contributed by atoms with Gasteiger partial charge in [0.15, 0.2) is 5.96 Å². The van der Waals surface area contributed by atoms with Gasteiger partial charge < -0.3 is 15.0 Å². The van der Waals surface area contributed by atoms with Gasteiger partial charge in [0.1, 0.15) is 5.75 Å². The molecule has 150 valence electrons. The van der Waals surface area contributed by atoms with Gasteiger partial charge in [-0.15, -0.1) is 0 Å². The fourth-order valence-electron chi connectivity index (χ4n) is 4.33. The van der Waals surface area contributed by atoms with Crippen molar-refractivity contribution in [2.75, 3.05) is 20.1 Å². The lowest BCUT2D eigenvalue weighted by molar-refractivity contribution is 0.208. The molecule has 6 heteroatoms. The lowest BCUT2D eigenvalue weighted by Gasteiger charge is -2.23. The summed E-state index contributed by atoms with van der Waals surface area (Å²) in [4.78, 5) is 6.87. The highest BCUT2D eigenvalue weighted by Gasteiger charge is 2.27. The van der Waals surface area contributed by atoms with Gasteiger partial charge in [-0.25, -0.2) is 0 Å². The van der Waals surface area contributed by atoms with Gasteiger partial charge in [-0.05, 0) is 43.7 Å². The number of hydrogen-bond acceptors (Lipinski definition) is 3. The van der Waals surface area contributed by atoms with E-state index in [4.69, 9.17) is 4.74 Å². The van der Waals surface area contributed by atoms with Crippen LogP contribution in [0.25, 0.3) is 0 Å². The van der Waals surface area contributed by atoms with E-state index in [1.54, 1.807) is 0 Å². The van der Waals surface area contributed by atoms with Crippen molar-refractivity contribution < 1.29 is 4.74 Å². The van der Waals surface area contributed by atoms with Crippen LogP contribution < -0.4 is 10.1 Å². The Morgan fingerprint density at radius 2 is 2.07 bits per heavy atom. The molecule has 1 aliphatic heterocycles. The fraction of sp³-hybridized carbons (Fsp3) is 0.545. The van der Waals surface area contributed by atoms with Crippen molar-refractivity contribution in [3.05, 3.63) is 47.8 Å². The van der Waals surface area contributed by atoms with Crippen molar-refractivity contribution in [1.29, 1.82) is 0 Å². The van der Waals surface area contributed by atoms with Crippen LogP contribution in [0.1, 0.15) is 49.1 Å². The highest BCUT2D eigenvalue weighted by molar-refractivity contribution is 5.80. The third-order valence-corrected chi connectivity index (χ3v) is 5.90. The van der Waals surface area contributed by atoms with Gasteiger partial charge in [0.25, 0.3) is 0 Å². The molecule has 2 aromatic rings. The van der Waals surface area contributed by atoms with Gasteiger partial charge >= 0.3 is 0 Å². The number of rotatable bonds is 5. The first-order chi connectivity index (χ1) is 13.7. The number of aromatic nitrogens is 2. The predicted molar refractivity (Wildman–Crippen MR) is 112 cm³/mol. The summed E-state index contributed by atoms with van der Waals surface area (Å²) in [6.07, 6.45) is 10.5. The van der Waals surface area contributed by atoms with Crippen LogP contribution in [0.2, 0.25) is 0 Å². The van der Waals surface area contributed by atoms with Gasteiger partial charge in [0, 0.05) is 51.4 Å². The average molecular weight is 382 g/mol. The summed E-state index contributed by atoms with van der Waals surface area (Å²) in [5.74, 6) is 2.49. The molecule has 1 aromatic heterocycles. The van der Waals surface area contributed by atoms with Crippen LogP contribution >= 0.6 is 0 Å². The largest absolute Gasteiger partial charge is 0.490 e. The summed E-state index contributed by atoms with van der Waals surface area (Å²) in [6, 6.07) is 8.37. The molecule has 28 heavy (non-hydrogen) atoms. The molecule has 1 saturated carbocycles. The Hall–Kier alpha value is -2.50. The van der Waals surface area contributed by atoms with E-state index in [2.05, 4.69) is 50.8 Å². The van der Waals surface area contributed by atoms with Crippen LogP contribution in [0, 0.1) is 0 Å². The minimum atomic E-state index is 0.374. The van der Waals surface area contributed by atoms with E-state index in [9.17, 15) is 0 Å². The molecule has 4 rings (SSSR count). The number of ether oxygens (including phenoxy) is 1. The Kier molecular flexibility index (Phi) is 5.84. The Bertz CT molecular complexity index is 809. The Balaban J connectivity index is 1.36. The van der Waals surface area contributed by atoms with Gasteiger partial charge in [-0.1, -0.05) is 18.2 Å². The lowest BCUT2D eigenvalue weighted by atomic mass is 10.0. The highest BCUT2D eigenvalue weighted by atomic mass is 16.5. The van der Waals surface area contributed by atoms with Crippen LogP contribution in [0.3, 0.4) is 0 Å². The molecule has 0 amide bonds. The van der Waals surface area contributed by atoms with Crippen LogP contribution in [-0.2, 0) is 13.6 Å². The summed E-state index contributed by atoms with van der Waals surface area (Å²) in [7, 11) is 3.84. The van der Waals surface area contributed by atoms with E-state index in [-0.39, 0.29) is 0 Å². The lowest BCUT2D eigenvalue weighted by Crippen LogP contribution is -2.39. The number of guanidine groups is 1. The SMILES string of the molecule is CN=C(NCc1ccccc1OC1CCCC1)N1CCC(c2cnn(C)c2)C1. The third kappa shape index (κ3) is 4.32. The summed E-state index contributed by atoms with van der Waals surface area (Å²) in [5.41, 5.74) is 2.51. The maximum Gasteiger partial charge on any atom is 0.193 e. The smallest absolute Gasteiger partial charge is 0.193 e. The number of likely N-dealkylation sites (tertiary alicyclic amines) is 1. The highest BCUT2D eigenvalue weighted by Crippen LogP contribution is 2.28. The maximum absolute atomic E-state index is 6.27. The normalized spacial score (nSPS) is 20.7. The number of hydrogen-bond donors (Lipinski definition) is 1. The van der Waals surface area contributed by atoms with Crippen molar-refractivity contribution in [1.82, 2.24) is 20.0 Å². The zero-order chi connectivity index (χ0) is 19.3. The summed E-state index contributed by atoms with van der Waals surface area (Å²) in [5, 5.41) is 7.86. The topological polar surface area (TPSA) is 54.7 Å². The zero-order valence-corrected chi connectivity index (χ0v) is 17.0. The van der Waals surface area contributed by atoms with Gasteiger partial charge in [0.05, 0.1) is 12.3 Å². The van der Waals surface area contributed by atoms with Crippen LogP contribution in [0.15, 0.2) is 41.7 Å². The second kappa shape index (κ2) is 8.67. The van der Waals surface area contributed by atoms with Crippen molar-refractivity contribution >= 4 is 5.96 Å². The first-order valence-electron chi connectivity index (χ1n) is 10.4. The molecule has 0 spiro atoms. The molecule has 0 bridgehead atoms. The van der Waals surface area contributed by atoms with Crippen molar-refractivity contribution in [2.24, 2.45) is 12.0 Å². The molecule has 2 fully saturated rings. The summed E-state index contributed by atoms with van der Waals surface area (Å²) < 4.78 is 8.15. The fourth-order valence-corrected chi connectivity index (χ4v) is 4.33. The second-order valence-corrected chi connectivity index (χ2v) is 7.91. The number of aliphatic imine (C=N–C) groups is 1. The Morgan fingerprint density at radius 3 is 2.82 bits per heavy atom. The van der Waals surface area contributed by atoms with E-state index >= 15 is 0 Å². The number of nitrogens with one attached hydrogen (secondary N) is 1. The Morgan fingerprint density at radius 1 is 1.25 bits per heavy atom. The standard InChI is InChI=1S/C22H31N5O/c1-23-22(27-12-11-18(16-27)19-14-25-26(2)15-19)24-13-17-7-3-6-10-21(17)28-20-8-4-5-9-20/h3,6-7,10,14-15,18,20H,4-5,8-9,11-13,16H2,1-2H3,(H,23,24). The molecule has 0 radical (unpaired) electrons. The minimum Gasteiger partial charge on any atom is -0.490 e. The first-order valence-corrected chi connectivity index (χ1v) is 10.4. The molecule has 2 heterocycles. The number of para-hydroxylation sites is 1. The average Bonchev–Trinajstić information content (AvgIpc) is 3.45. The van der Waals surface area contributed by atoms with Crippen molar-refractivity contribution in [3.63, 3.8) is 0 Å². The summed E-state index contributed by atoms with van der Waals surface area (Å²) >= 11 is 0. The third-order valence-electron chi connectivity index (χ3n) is 5.90. The molecule has 1 atom stereocenters. The van der Waals surface area contributed by atoms with E-state index in [0.29, 0.717) is 12.0 Å². The van der Waals surface area contributed by atoms with Gasteiger partial charge in [-0.2, -0.15) is 5.10 Å². The Labute approximate surface area is 167 Å². The van der Waals surface area contributed by atoms with E-state index in [1.807, 2.05) is 25.0 Å². The molecule has 1 unspecified atom stereocenters. The number of aryl methyl sites for hydroxylation is 1. The minimum absolute atomic E-state index is 0.374. The molecule has 6 nitrogen and oxygen atoms in total. The zero-order valence-electron chi connectivity index (χ0n) is 17.0.